The Morgan fingerprint density at radius 1 is 0.306 bits per heavy atom. The van der Waals surface area contributed by atoms with Gasteiger partial charge in [0, 0.05) is 110 Å². The fraction of sp³-hybridized carbons (Fsp3) is 0.787. The highest BCUT2D eigenvalue weighted by molar-refractivity contribution is 6.04. The zero-order chi connectivity index (χ0) is 84.2. The van der Waals surface area contributed by atoms with E-state index in [0.29, 0.717) is 33.1 Å². The molecule has 4 N–H and O–H groups in total. The number of ether oxygens (including phenoxy) is 8. The number of amides is 12. The van der Waals surface area contributed by atoms with Crippen LogP contribution in [0.15, 0.2) is 0 Å². The molecule has 4 rings (SSSR count). The van der Waals surface area contributed by atoms with Crippen molar-refractivity contribution in [3.05, 3.63) is 0 Å². The summed E-state index contributed by atoms with van der Waals surface area (Å²) in [5, 5.41) is 12.3. The Balaban J connectivity index is 0.00000943. The fourth-order valence-corrected chi connectivity index (χ4v) is 8.98. The number of carbonyl (C=O) groups is 16. The first-order chi connectivity index (χ1) is 52.3. The monoisotopic (exact) mass is 1590 g/mol. The molecule has 36 nitrogen and oxygen atoms in total. The number of rotatable bonds is 50. The lowest BCUT2D eigenvalue weighted by molar-refractivity contribution is -0.197. The summed E-state index contributed by atoms with van der Waals surface area (Å²) >= 11 is 0. The lowest BCUT2D eigenvalue weighted by Crippen LogP contribution is -2.47. The van der Waals surface area contributed by atoms with Gasteiger partial charge >= 0.3 is 23.9 Å². The average molecular weight is 1590 g/mol. The summed E-state index contributed by atoms with van der Waals surface area (Å²) in [4.78, 5) is 214. The lowest BCUT2D eigenvalue weighted by Gasteiger charge is -2.38. The summed E-state index contributed by atoms with van der Waals surface area (Å²) in [6.07, 6.45) is 2.39. The molecule has 0 aliphatic carbocycles. The molecular weight excluding hydrogens is 1460 g/mol. The summed E-state index contributed by atoms with van der Waals surface area (Å²) in [6, 6.07) is 0. The summed E-state index contributed by atoms with van der Waals surface area (Å²) in [5.41, 5.74) is -4.88. The third kappa shape index (κ3) is 46.6. The van der Waals surface area contributed by atoms with Gasteiger partial charge in [-0.05, 0) is 61.3 Å². The van der Waals surface area contributed by atoms with E-state index in [9.17, 15) is 76.7 Å². The largest absolute Gasteiger partial charge is 0.380 e. The van der Waals surface area contributed by atoms with Crippen molar-refractivity contribution in [1.29, 1.82) is 0 Å². The zero-order valence-corrected chi connectivity index (χ0v) is 68.6. The Kier molecular flexibility index (Phi) is 52.2. The quantitative estimate of drug-likeness (QED) is 0.0420. The number of hydroxylamine groups is 8. The van der Waals surface area contributed by atoms with Crippen molar-refractivity contribution >= 4 is 94.8 Å². The van der Waals surface area contributed by atoms with Crippen molar-refractivity contribution in [2.24, 2.45) is 5.41 Å². The van der Waals surface area contributed by atoms with E-state index in [1.807, 2.05) is 20.8 Å². The molecule has 0 aromatic carbocycles. The molecule has 4 aliphatic rings. The van der Waals surface area contributed by atoms with Gasteiger partial charge in [-0.3, -0.25) is 57.5 Å². The third-order valence-corrected chi connectivity index (χ3v) is 15.3. The molecule has 12 amide bonds. The first kappa shape index (κ1) is 103. The average Bonchev–Trinajstić information content (AvgIpc) is 1.79. The maximum atomic E-state index is 12.8. The van der Waals surface area contributed by atoms with Gasteiger partial charge in [-0.25, -0.2) is 19.2 Å². The first-order valence-electron chi connectivity index (χ1n) is 38.5. The van der Waals surface area contributed by atoms with Crippen LogP contribution >= 0.6 is 0 Å². The van der Waals surface area contributed by atoms with Crippen LogP contribution in [0.4, 0.5) is 0 Å². The van der Waals surface area contributed by atoms with Crippen molar-refractivity contribution in [2.75, 3.05) is 105 Å². The molecule has 4 fully saturated rings. The van der Waals surface area contributed by atoms with Crippen molar-refractivity contribution in [3.8, 4) is 0 Å². The summed E-state index contributed by atoms with van der Waals surface area (Å²) in [6.45, 7) is 31.4. The van der Waals surface area contributed by atoms with Gasteiger partial charge in [-0.15, -0.1) is 20.3 Å². The standard InChI is InChI=1S/C63H96N8O28.4C3H8/c1-9-62(8,37-67-46(75)13-25-58(87)99-71-53(82)20-21-54(71)83)93-35-34-91-41-63(40-90-33-32-88-30-27-64-43(72)10-22-55(84)96-68-47(76)14-15-48(68)77,39-89-29-26-59(2,3)92-31-28-65-44(73)11-23-56(85)97-69-49(78)16-17-50(69)79)42-95-61(6,7)38-94-60(4,5)36-66-45(74)12-24-57(86)98-70-51(80)18-19-52(70)81;4*1-3-2/h9-42H2,1-8H3,(H,64,72)(H,65,73)(H,66,74)(H,67,75);4*3H2,1-2H3. The number of nitrogens with zero attached hydrogens (tertiary/aromatic N) is 4. The maximum absolute atomic E-state index is 12.8. The lowest BCUT2D eigenvalue weighted by atomic mass is 9.91. The first-order valence-corrected chi connectivity index (χ1v) is 38.5. The van der Waals surface area contributed by atoms with E-state index in [2.05, 4.69) is 76.7 Å². The number of hydrogen-bond donors (Lipinski definition) is 4. The van der Waals surface area contributed by atoms with Crippen molar-refractivity contribution in [3.63, 3.8) is 0 Å². The van der Waals surface area contributed by atoms with Gasteiger partial charge in [0.05, 0.1) is 126 Å². The molecule has 0 spiro atoms. The van der Waals surface area contributed by atoms with Crippen LogP contribution in [0.1, 0.15) is 252 Å². The summed E-state index contributed by atoms with van der Waals surface area (Å²) < 4.78 is 50.0. The third-order valence-electron chi connectivity index (χ3n) is 15.3. The van der Waals surface area contributed by atoms with Crippen LogP contribution in [-0.2, 0) is 134 Å². The van der Waals surface area contributed by atoms with Crippen LogP contribution in [0, 0.1) is 5.41 Å². The normalized spacial score (nSPS) is 15.4. The highest BCUT2D eigenvalue weighted by Crippen LogP contribution is 2.27. The Hall–Kier alpha value is -8.00. The van der Waals surface area contributed by atoms with Crippen LogP contribution in [0.5, 0.6) is 0 Å². The number of hydrogen-bond acceptors (Lipinski definition) is 28. The van der Waals surface area contributed by atoms with Gasteiger partial charge in [0.25, 0.3) is 47.3 Å². The molecule has 2 unspecified atom stereocenters. The van der Waals surface area contributed by atoms with Crippen molar-refractivity contribution in [1.82, 2.24) is 41.5 Å². The number of imide groups is 4. The second-order valence-corrected chi connectivity index (χ2v) is 28.6. The Morgan fingerprint density at radius 3 is 0.955 bits per heavy atom. The molecule has 4 saturated heterocycles. The topological polar surface area (TPSA) is 445 Å². The second kappa shape index (κ2) is 56.3. The van der Waals surface area contributed by atoms with Crippen LogP contribution in [-0.4, -0.2) is 243 Å². The molecular formula is C75H128N8O28. The minimum absolute atomic E-state index is 0.00603. The molecule has 0 radical (unpaired) electrons. The van der Waals surface area contributed by atoms with Crippen LogP contribution < -0.4 is 21.3 Å². The van der Waals surface area contributed by atoms with Gasteiger partial charge in [0.1, 0.15) is 0 Å². The van der Waals surface area contributed by atoms with Gasteiger partial charge in [0.2, 0.25) is 23.6 Å². The fourth-order valence-electron chi connectivity index (χ4n) is 8.98. The van der Waals surface area contributed by atoms with Gasteiger partial charge in [-0.1, -0.05) is 88.0 Å². The van der Waals surface area contributed by atoms with Crippen molar-refractivity contribution < 1.29 is 134 Å². The molecule has 0 aromatic heterocycles. The molecule has 36 heteroatoms. The van der Waals surface area contributed by atoms with E-state index in [1.54, 1.807) is 34.6 Å². The zero-order valence-electron chi connectivity index (χ0n) is 68.6. The highest BCUT2D eigenvalue weighted by atomic mass is 16.7. The molecule has 111 heavy (non-hydrogen) atoms. The molecule has 4 aliphatic heterocycles. The Bertz CT molecular complexity index is 2890. The van der Waals surface area contributed by atoms with E-state index in [0.717, 1.165) is 0 Å². The maximum Gasteiger partial charge on any atom is 0.333 e. The van der Waals surface area contributed by atoms with Gasteiger partial charge < -0.3 is 78.5 Å². The SMILES string of the molecule is CCC.CCC.CCC.CCC.CCC(C)(CNC(=O)CCC(=O)ON1C(=O)CCC1=O)OCCOCC(COCCOCCNC(=O)CCC(=O)ON1C(=O)CCC1=O)(COCCC(C)(C)OCCNC(=O)CCC(=O)ON1C(=O)CCC1=O)COC(C)(C)COC(C)(C)CNC(=O)CCC(=O)ON1C(=O)CCC1=O. The van der Waals surface area contributed by atoms with Crippen LogP contribution in [0.3, 0.4) is 0 Å². The smallest absolute Gasteiger partial charge is 0.333 e. The van der Waals surface area contributed by atoms with E-state index in [1.165, 1.54) is 25.7 Å². The second-order valence-electron chi connectivity index (χ2n) is 28.6. The van der Waals surface area contributed by atoms with Gasteiger partial charge in [0.15, 0.2) is 0 Å². The minimum atomic E-state index is -1.11. The number of carbonyl (C=O) groups excluding carboxylic acids is 16. The van der Waals surface area contributed by atoms with E-state index < -0.39 is 142 Å². The number of nitrogens with one attached hydrogen (secondary N) is 4. The molecule has 636 valence electrons. The summed E-state index contributed by atoms with van der Waals surface area (Å²) in [5.74, 6) is -10.9. The molecule has 0 bridgehead atoms. The summed E-state index contributed by atoms with van der Waals surface area (Å²) in [7, 11) is 0. The Morgan fingerprint density at radius 2 is 0.604 bits per heavy atom. The van der Waals surface area contributed by atoms with Gasteiger partial charge in [-0.2, -0.15) is 0 Å². The molecule has 4 heterocycles. The minimum Gasteiger partial charge on any atom is -0.380 e. The molecule has 0 saturated carbocycles. The van der Waals surface area contributed by atoms with E-state index in [-0.39, 0.29) is 189 Å². The Labute approximate surface area is 653 Å². The predicted octanol–water partition coefficient (Wildman–Crippen LogP) is 5.68. The highest BCUT2D eigenvalue weighted by Gasteiger charge is 2.39. The van der Waals surface area contributed by atoms with Crippen LogP contribution in [0.2, 0.25) is 0 Å². The van der Waals surface area contributed by atoms with Crippen LogP contribution in [0.25, 0.3) is 0 Å². The molecule has 2 atom stereocenters. The molecule has 0 aromatic rings. The van der Waals surface area contributed by atoms with Crippen molar-refractivity contribution in [2.45, 2.75) is 274 Å². The van der Waals surface area contributed by atoms with E-state index in [4.69, 9.17) is 57.2 Å². The predicted molar refractivity (Wildman–Crippen MR) is 397 cm³/mol. The van der Waals surface area contributed by atoms with E-state index >= 15 is 0 Å².